The lowest BCUT2D eigenvalue weighted by Gasteiger charge is -2.14. The third-order valence-corrected chi connectivity index (χ3v) is 3.61. The van der Waals surface area contributed by atoms with Gasteiger partial charge >= 0.3 is 6.61 Å². The van der Waals surface area contributed by atoms with Gasteiger partial charge < -0.3 is 10.1 Å². The third-order valence-electron chi connectivity index (χ3n) is 3.61. The lowest BCUT2D eigenvalue weighted by molar-refractivity contribution is -0.121. The van der Waals surface area contributed by atoms with E-state index in [1.165, 1.54) is 18.2 Å². The van der Waals surface area contributed by atoms with Crippen LogP contribution in [0.25, 0.3) is 0 Å². The topological polar surface area (TPSA) is 38.3 Å². The molecule has 1 atom stereocenters. The Hall–Kier alpha value is -2.57. The predicted molar refractivity (Wildman–Crippen MR) is 84.3 cm³/mol. The number of nitrogens with one attached hydrogen (secondary N) is 1. The fourth-order valence-corrected chi connectivity index (χ4v) is 2.27. The second kappa shape index (κ2) is 8.50. The summed E-state index contributed by atoms with van der Waals surface area (Å²) in [6, 6.07) is 9.01. The Labute approximate surface area is 142 Å². The van der Waals surface area contributed by atoms with E-state index in [2.05, 4.69) is 10.1 Å². The van der Waals surface area contributed by atoms with Crippen molar-refractivity contribution in [3.05, 3.63) is 65.2 Å². The van der Waals surface area contributed by atoms with E-state index < -0.39 is 24.3 Å². The molecule has 0 aliphatic heterocycles. The first kappa shape index (κ1) is 18.8. The zero-order valence-corrected chi connectivity index (χ0v) is 13.4. The van der Waals surface area contributed by atoms with E-state index in [1.54, 1.807) is 19.1 Å². The molecule has 2 aromatic carbocycles. The molecule has 7 heteroatoms. The molecule has 1 N–H and O–H groups in total. The van der Waals surface area contributed by atoms with Gasteiger partial charge in [0.25, 0.3) is 0 Å². The van der Waals surface area contributed by atoms with Gasteiger partial charge in [0.15, 0.2) is 11.6 Å². The molecule has 25 heavy (non-hydrogen) atoms. The van der Waals surface area contributed by atoms with E-state index in [0.717, 1.165) is 17.7 Å². The molecule has 3 nitrogen and oxygen atoms in total. The van der Waals surface area contributed by atoms with Gasteiger partial charge in [-0.3, -0.25) is 4.79 Å². The number of benzene rings is 2. The van der Waals surface area contributed by atoms with Gasteiger partial charge in [0, 0.05) is 6.42 Å². The van der Waals surface area contributed by atoms with E-state index in [-0.39, 0.29) is 18.1 Å². The van der Waals surface area contributed by atoms with Gasteiger partial charge in [-0.2, -0.15) is 8.78 Å². The van der Waals surface area contributed by atoms with Crippen LogP contribution in [0.1, 0.15) is 30.5 Å². The highest BCUT2D eigenvalue weighted by Crippen LogP contribution is 2.17. The summed E-state index contributed by atoms with van der Waals surface area (Å²) in [5.41, 5.74) is 1.25. The molecule has 2 rings (SSSR count). The maximum Gasteiger partial charge on any atom is 0.387 e. The van der Waals surface area contributed by atoms with Crippen LogP contribution in [0.3, 0.4) is 0 Å². The van der Waals surface area contributed by atoms with Crippen molar-refractivity contribution in [2.45, 2.75) is 32.4 Å². The summed E-state index contributed by atoms with van der Waals surface area (Å²) >= 11 is 0. The summed E-state index contributed by atoms with van der Waals surface area (Å²) < 4.78 is 54.5. The van der Waals surface area contributed by atoms with Crippen molar-refractivity contribution in [2.75, 3.05) is 0 Å². The minimum absolute atomic E-state index is 0.0511. The third kappa shape index (κ3) is 5.77. The van der Waals surface area contributed by atoms with Crippen LogP contribution in [0, 0.1) is 11.6 Å². The molecule has 0 bridgehead atoms. The Bertz CT molecular complexity index is 720. The Balaban J connectivity index is 1.84. The van der Waals surface area contributed by atoms with Crippen LogP contribution in [0.2, 0.25) is 0 Å². The average molecular weight is 355 g/mol. The molecular weight excluding hydrogens is 338 g/mol. The first-order valence-corrected chi connectivity index (χ1v) is 7.63. The Kier molecular flexibility index (Phi) is 6.38. The van der Waals surface area contributed by atoms with Crippen molar-refractivity contribution < 1.29 is 27.1 Å². The van der Waals surface area contributed by atoms with Crippen LogP contribution in [-0.2, 0) is 11.2 Å². The van der Waals surface area contributed by atoms with Crippen molar-refractivity contribution in [3.63, 3.8) is 0 Å². The largest absolute Gasteiger partial charge is 0.435 e. The number of halogens is 4. The number of carbonyl (C=O) groups is 1. The average Bonchev–Trinajstić information content (AvgIpc) is 2.56. The van der Waals surface area contributed by atoms with Crippen molar-refractivity contribution in [3.8, 4) is 5.75 Å². The van der Waals surface area contributed by atoms with Crippen molar-refractivity contribution in [2.24, 2.45) is 0 Å². The molecule has 0 fully saturated rings. The van der Waals surface area contributed by atoms with Crippen LogP contribution in [0.5, 0.6) is 5.75 Å². The normalized spacial score (nSPS) is 12.1. The number of amides is 1. The Morgan fingerprint density at radius 2 is 1.76 bits per heavy atom. The molecule has 2 aromatic rings. The smallest absolute Gasteiger partial charge is 0.387 e. The molecule has 0 aliphatic rings. The highest BCUT2D eigenvalue weighted by atomic mass is 19.3. The highest BCUT2D eigenvalue weighted by Gasteiger charge is 2.12. The lowest BCUT2D eigenvalue weighted by atomic mass is 10.1. The Morgan fingerprint density at radius 1 is 1.08 bits per heavy atom. The van der Waals surface area contributed by atoms with Crippen LogP contribution in [0.15, 0.2) is 42.5 Å². The quantitative estimate of drug-likeness (QED) is 0.749. The monoisotopic (exact) mass is 355 g/mol. The zero-order chi connectivity index (χ0) is 18.4. The molecule has 0 radical (unpaired) electrons. The van der Waals surface area contributed by atoms with Crippen LogP contribution in [-0.4, -0.2) is 12.5 Å². The van der Waals surface area contributed by atoms with E-state index >= 15 is 0 Å². The van der Waals surface area contributed by atoms with Gasteiger partial charge in [0.2, 0.25) is 5.91 Å². The van der Waals surface area contributed by atoms with Crippen molar-refractivity contribution in [1.82, 2.24) is 5.32 Å². The number of alkyl halides is 2. The molecule has 1 unspecified atom stereocenters. The van der Waals surface area contributed by atoms with E-state index in [4.69, 9.17) is 0 Å². The molecule has 0 spiro atoms. The van der Waals surface area contributed by atoms with Gasteiger partial charge in [-0.15, -0.1) is 0 Å². The summed E-state index contributed by atoms with van der Waals surface area (Å²) in [5, 5.41) is 2.70. The number of ether oxygens (including phenoxy) is 1. The molecule has 134 valence electrons. The number of hydrogen-bond donors (Lipinski definition) is 1. The van der Waals surface area contributed by atoms with Crippen molar-refractivity contribution >= 4 is 5.91 Å². The summed E-state index contributed by atoms with van der Waals surface area (Å²) in [6.45, 7) is -1.21. The van der Waals surface area contributed by atoms with Crippen molar-refractivity contribution in [1.29, 1.82) is 0 Å². The zero-order valence-electron chi connectivity index (χ0n) is 13.4. The second-order valence-electron chi connectivity index (χ2n) is 5.49. The fourth-order valence-electron chi connectivity index (χ4n) is 2.27. The summed E-state index contributed by atoms with van der Waals surface area (Å²) in [5.74, 6) is -2.12. The van der Waals surface area contributed by atoms with E-state index in [1.807, 2.05) is 0 Å². The molecule has 0 saturated heterocycles. The SMILES string of the molecule is CC(NC(=O)CCc1ccc(OC(F)F)cc1)c1ccc(F)c(F)c1. The van der Waals surface area contributed by atoms with Crippen LogP contribution >= 0.6 is 0 Å². The first-order valence-electron chi connectivity index (χ1n) is 7.63. The fraction of sp³-hybridized carbons (Fsp3) is 0.278. The van der Waals surface area contributed by atoms with Gasteiger partial charge in [0.1, 0.15) is 5.75 Å². The van der Waals surface area contributed by atoms with E-state index in [9.17, 15) is 22.4 Å². The summed E-state index contributed by atoms with van der Waals surface area (Å²) in [4.78, 5) is 12.0. The first-order chi connectivity index (χ1) is 11.8. The van der Waals surface area contributed by atoms with Crippen LogP contribution < -0.4 is 10.1 Å². The maximum atomic E-state index is 13.2. The predicted octanol–water partition coefficient (Wildman–Crippen LogP) is 4.38. The standard InChI is InChI=1S/C18H17F4NO2/c1-11(13-5-8-15(19)16(20)10-13)23-17(24)9-4-12-2-6-14(7-3-12)25-18(21)22/h2-3,5-8,10-11,18H,4,9H2,1H3,(H,23,24). The Morgan fingerprint density at radius 3 is 2.36 bits per heavy atom. The summed E-state index contributed by atoms with van der Waals surface area (Å²) in [7, 11) is 0. The molecule has 0 saturated carbocycles. The number of rotatable bonds is 7. The van der Waals surface area contributed by atoms with Gasteiger partial charge in [-0.05, 0) is 48.7 Å². The van der Waals surface area contributed by atoms with Gasteiger partial charge in [-0.1, -0.05) is 18.2 Å². The van der Waals surface area contributed by atoms with Crippen LogP contribution in [0.4, 0.5) is 17.6 Å². The van der Waals surface area contributed by atoms with Gasteiger partial charge in [-0.25, -0.2) is 8.78 Å². The van der Waals surface area contributed by atoms with Gasteiger partial charge in [0.05, 0.1) is 6.04 Å². The molecule has 0 aromatic heterocycles. The second-order valence-corrected chi connectivity index (χ2v) is 5.49. The number of hydrogen-bond acceptors (Lipinski definition) is 2. The summed E-state index contributed by atoms with van der Waals surface area (Å²) in [6.07, 6.45) is 0.578. The highest BCUT2D eigenvalue weighted by molar-refractivity contribution is 5.76. The number of carbonyl (C=O) groups excluding carboxylic acids is 1. The molecule has 0 aliphatic carbocycles. The molecule has 1 amide bonds. The van der Waals surface area contributed by atoms with E-state index in [0.29, 0.717) is 12.0 Å². The number of aryl methyl sites for hydroxylation is 1. The minimum atomic E-state index is -2.88. The molecule has 0 heterocycles. The minimum Gasteiger partial charge on any atom is -0.435 e. The molecular formula is C18H17F4NO2. The lowest BCUT2D eigenvalue weighted by Crippen LogP contribution is -2.26. The maximum absolute atomic E-state index is 13.2.